The minimum Gasteiger partial charge on any atom is -0.432 e. The average molecular weight is 729 g/mol. The highest BCUT2D eigenvalue weighted by atomic mass is 28.3. The number of hydrogen-bond acceptors (Lipinski definition) is 12. The van der Waals surface area contributed by atoms with Gasteiger partial charge in [-0.2, -0.15) is 0 Å². The molecule has 12 nitrogen and oxygen atoms in total. The van der Waals surface area contributed by atoms with Gasteiger partial charge in [0.15, 0.2) is 0 Å². The zero-order valence-corrected chi connectivity index (χ0v) is 31.3. The number of rotatable bonds is 18. The van der Waals surface area contributed by atoms with Crippen molar-refractivity contribution in [2.45, 2.75) is 77.6 Å². The molecule has 0 aromatic heterocycles. The average Bonchev–Trinajstić information content (AvgIpc) is 3.15. The van der Waals surface area contributed by atoms with Gasteiger partial charge in [0.2, 0.25) is 0 Å². The Labute approximate surface area is 295 Å². The van der Waals surface area contributed by atoms with Crippen molar-refractivity contribution >= 4 is 50.8 Å². The normalized spacial score (nSPS) is 16.0. The first-order valence-electron chi connectivity index (χ1n) is 17.0. The molecule has 272 valence electrons. The van der Waals surface area contributed by atoms with E-state index in [0.29, 0.717) is 12.8 Å². The van der Waals surface area contributed by atoms with Crippen LogP contribution in [-0.4, -0.2) is 53.6 Å². The monoisotopic (exact) mass is 728 g/mol. The van der Waals surface area contributed by atoms with E-state index in [-0.39, 0.29) is 36.2 Å². The van der Waals surface area contributed by atoms with Gasteiger partial charge in [-0.25, -0.2) is 29.0 Å². The molecule has 2 aromatic carbocycles. The minimum absolute atomic E-state index is 0.0513. The van der Waals surface area contributed by atoms with E-state index in [1.54, 1.807) is 24.3 Å². The zero-order chi connectivity index (χ0) is 36.6. The lowest BCUT2D eigenvalue weighted by Crippen LogP contribution is -2.44. The van der Waals surface area contributed by atoms with Crippen LogP contribution in [0.15, 0.2) is 73.1 Å². The molecular formula is C36H48O12Si2. The van der Waals surface area contributed by atoms with Gasteiger partial charge in [-0.05, 0) is 48.9 Å². The summed E-state index contributed by atoms with van der Waals surface area (Å²) in [5.41, 5.74) is 4.54. The Morgan fingerprint density at radius 1 is 0.600 bits per heavy atom. The standard InChI is InChI=1S/C36H48O12Si2/c1-7-49(8-2,9-3)31-21-17-27(18-22-31)33(37)43-47-45-35(39)41-25-29-15-13-14-16-30(29)26-42-36(40)46-48-44-34(38)28-19-23-32(24-20-28)50(10-4,11-5)12-6/h7,10,17-24,29-30H,1,4,8-9,11-16,25-26H2,2-3,5-6H3. The molecule has 0 heterocycles. The van der Waals surface area contributed by atoms with Crippen LogP contribution in [-0.2, 0) is 39.1 Å². The lowest BCUT2D eigenvalue weighted by Gasteiger charge is -2.30. The van der Waals surface area contributed by atoms with Crippen molar-refractivity contribution < 1.29 is 58.3 Å². The summed E-state index contributed by atoms with van der Waals surface area (Å²) in [5, 5.41) is 11.0. The first-order valence-corrected chi connectivity index (χ1v) is 22.0. The van der Waals surface area contributed by atoms with Crippen molar-refractivity contribution in [1.82, 2.24) is 0 Å². The molecule has 0 radical (unpaired) electrons. The Kier molecular flexibility index (Phi) is 15.9. The van der Waals surface area contributed by atoms with E-state index in [2.05, 4.69) is 70.5 Å². The van der Waals surface area contributed by atoms with Crippen molar-refractivity contribution in [2.75, 3.05) is 13.2 Å². The van der Waals surface area contributed by atoms with Crippen molar-refractivity contribution in [2.24, 2.45) is 11.8 Å². The predicted molar refractivity (Wildman–Crippen MR) is 189 cm³/mol. The predicted octanol–water partition coefficient (Wildman–Crippen LogP) is 7.35. The molecule has 0 bridgehead atoms. The highest BCUT2D eigenvalue weighted by Gasteiger charge is 2.30. The van der Waals surface area contributed by atoms with Crippen molar-refractivity contribution in [3.8, 4) is 0 Å². The molecule has 2 aromatic rings. The molecule has 2 atom stereocenters. The van der Waals surface area contributed by atoms with E-state index in [0.717, 1.165) is 47.4 Å². The number of benzene rings is 2. The van der Waals surface area contributed by atoms with Gasteiger partial charge in [-0.15, -0.1) is 13.2 Å². The summed E-state index contributed by atoms with van der Waals surface area (Å²) in [5.74, 6) is -2.00. The van der Waals surface area contributed by atoms with Crippen LogP contribution in [0.2, 0.25) is 24.2 Å². The van der Waals surface area contributed by atoms with Crippen LogP contribution in [0.4, 0.5) is 9.59 Å². The van der Waals surface area contributed by atoms with Crippen LogP contribution >= 0.6 is 0 Å². The van der Waals surface area contributed by atoms with E-state index in [1.807, 2.05) is 35.7 Å². The third kappa shape index (κ3) is 10.6. The quantitative estimate of drug-likeness (QED) is 0.0656. The Hall–Kier alpha value is -4.25. The highest BCUT2D eigenvalue weighted by molar-refractivity contribution is 6.96. The van der Waals surface area contributed by atoms with Crippen LogP contribution in [0.25, 0.3) is 0 Å². The van der Waals surface area contributed by atoms with Gasteiger partial charge in [0.05, 0.1) is 34.4 Å². The Morgan fingerprint density at radius 2 is 0.940 bits per heavy atom. The van der Waals surface area contributed by atoms with Crippen LogP contribution < -0.4 is 10.4 Å². The first-order chi connectivity index (χ1) is 24.1. The molecule has 14 heteroatoms. The molecule has 1 aliphatic carbocycles. The fourth-order valence-electron chi connectivity index (χ4n) is 6.38. The van der Waals surface area contributed by atoms with Gasteiger partial charge in [0.1, 0.15) is 16.1 Å². The minimum atomic E-state index is -1.82. The zero-order valence-electron chi connectivity index (χ0n) is 29.3. The Bertz CT molecular complexity index is 1330. The number of ether oxygens (including phenoxy) is 2. The third-order valence-corrected chi connectivity index (χ3v) is 19.6. The van der Waals surface area contributed by atoms with Gasteiger partial charge in [0.25, 0.3) is 0 Å². The van der Waals surface area contributed by atoms with Crippen LogP contribution in [0.5, 0.6) is 0 Å². The molecule has 0 aliphatic heterocycles. The van der Waals surface area contributed by atoms with Crippen molar-refractivity contribution in [1.29, 1.82) is 0 Å². The molecule has 2 unspecified atom stereocenters. The lowest BCUT2D eigenvalue weighted by atomic mass is 9.80. The summed E-state index contributed by atoms with van der Waals surface area (Å²) in [4.78, 5) is 66.9. The fraction of sp³-hybridized carbons (Fsp3) is 0.444. The van der Waals surface area contributed by atoms with Gasteiger partial charge < -0.3 is 9.47 Å². The second kappa shape index (κ2) is 19.8. The summed E-state index contributed by atoms with van der Waals surface area (Å²) in [6.07, 6.45) is 0.776. The van der Waals surface area contributed by atoms with Crippen molar-refractivity contribution in [3.05, 3.63) is 84.2 Å². The second-order valence-electron chi connectivity index (χ2n) is 12.3. The largest absolute Gasteiger partial charge is 0.543 e. The van der Waals surface area contributed by atoms with E-state index in [4.69, 9.17) is 9.47 Å². The van der Waals surface area contributed by atoms with Gasteiger partial charge in [-0.3, -0.25) is 9.78 Å². The molecule has 1 saturated carbocycles. The maximum atomic E-state index is 12.3. The molecule has 0 saturated heterocycles. The topological polar surface area (TPSA) is 142 Å². The maximum Gasteiger partial charge on any atom is 0.543 e. The Balaban J connectivity index is 1.36. The van der Waals surface area contributed by atoms with Gasteiger partial charge >= 0.3 is 24.2 Å². The second-order valence-corrected chi connectivity index (χ2v) is 21.7. The van der Waals surface area contributed by atoms with Crippen molar-refractivity contribution in [3.63, 3.8) is 0 Å². The van der Waals surface area contributed by atoms with Crippen LogP contribution in [0.1, 0.15) is 74.1 Å². The van der Waals surface area contributed by atoms with Crippen LogP contribution in [0.3, 0.4) is 0 Å². The molecule has 0 spiro atoms. The Morgan fingerprint density at radius 3 is 1.24 bits per heavy atom. The summed E-state index contributed by atoms with van der Waals surface area (Å²) in [6.45, 7) is 16.5. The highest BCUT2D eigenvalue weighted by Crippen LogP contribution is 2.31. The number of carbonyl (C=O) groups excluding carboxylic acids is 4. The molecular weight excluding hydrogens is 681 g/mol. The van der Waals surface area contributed by atoms with Crippen LogP contribution in [0, 0.1) is 11.8 Å². The summed E-state index contributed by atoms with van der Waals surface area (Å²) in [6, 6.07) is 18.0. The molecule has 50 heavy (non-hydrogen) atoms. The third-order valence-electron chi connectivity index (χ3n) is 10.0. The van der Waals surface area contributed by atoms with E-state index >= 15 is 0 Å². The lowest BCUT2D eigenvalue weighted by molar-refractivity contribution is -0.453. The summed E-state index contributed by atoms with van der Waals surface area (Å²) < 4.78 is 10.3. The first kappa shape index (κ1) is 40.2. The van der Waals surface area contributed by atoms with E-state index < -0.39 is 40.4 Å². The molecule has 0 amide bonds. The molecule has 0 N–H and O–H groups in total. The summed E-state index contributed by atoms with van der Waals surface area (Å²) in [7, 11) is -3.64. The number of hydrogen-bond donors (Lipinski definition) is 0. The van der Waals surface area contributed by atoms with Gasteiger partial charge in [0, 0.05) is 0 Å². The molecule has 1 fully saturated rings. The van der Waals surface area contributed by atoms with E-state index in [1.165, 1.54) is 0 Å². The SMILES string of the molecule is C=C[Si](CC)(CC)c1ccc(C(=O)OOOC(=O)OCC2CCCCC2COC(=O)OOOC(=O)c2ccc([Si](C=C)(CC)CC)cc2)cc1. The van der Waals surface area contributed by atoms with E-state index in [9.17, 15) is 19.2 Å². The number of carbonyl (C=O) groups is 4. The maximum absolute atomic E-state index is 12.3. The smallest absolute Gasteiger partial charge is 0.432 e. The van der Waals surface area contributed by atoms with Gasteiger partial charge in [-0.1, -0.05) is 111 Å². The summed E-state index contributed by atoms with van der Waals surface area (Å²) >= 11 is 0. The molecule has 1 aliphatic rings. The molecule has 3 rings (SSSR count). The fourth-order valence-corrected chi connectivity index (χ4v) is 12.3.